The number of halogens is 1. The van der Waals surface area contributed by atoms with E-state index >= 15 is 0 Å². The van der Waals surface area contributed by atoms with Gasteiger partial charge in [0.1, 0.15) is 6.04 Å². The van der Waals surface area contributed by atoms with Gasteiger partial charge in [-0.1, -0.05) is 12.1 Å². The lowest BCUT2D eigenvalue weighted by atomic mass is 9.90. The summed E-state index contributed by atoms with van der Waals surface area (Å²) in [6.07, 6.45) is 8.39. The fraction of sp³-hybridized carbons (Fsp3) is 0.350. The fourth-order valence-electron chi connectivity index (χ4n) is 3.57. The van der Waals surface area contributed by atoms with Crippen LogP contribution in [0.25, 0.3) is 11.3 Å². The number of nitrogens with zero attached hydrogens (tertiary/aromatic N) is 3. The van der Waals surface area contributed by atoms with Crippen LogP contribution in [0.4, 0.5) is 5.13 Å². The van der Waals surface area contributed by atoms with Crippen LogP contribution in [0.1, 0.15) is 35.6 Å². The normalized spacial score (nSPS) is 14.1. The van der Waals surface area contributed by atoms with Crippen LogP contribution in [0.5, 0.6) is 0 Å². The molecule has 1 amide bonds. The monoisotopic (exact) mass is 417 g/mol. The smallest absolute Gasteiger partial charge is 0.247 e. The number of anilines is 1. The van der Waals surface area contributed by atoms with Crippen molar-refractivity contribution in [3.05, 3.63) is 52.7 Å². The Kier molecular flexibility index (Phi) is 6.49. The number of amides is 1. The molecule has 1 unspecified atom stereocenters. The molecule has 1 aromatic carbocycles. The Bertz CT molecular complexity index is 967. The fourth-order valence-corrected chi connectivity index (χ4v) is 4.30. The SMILES string of the molecule is CNC(C(=O)Nc1nc(-c2ccc3c(c2)CCCC3)cs1)c1cnn(C)c1.Cl. The van der Waals surface area contributed by atoms with Gasteiger partial charge in [-0.25, -0.2) is 4.98 Å². The van der Waals surface area contributed by atoms with Crippen LogP contribution in [-0.4, -0.2) is 27.7 Å². The zero-order valence-electron chi connectivity index (χ0n) is 15.9. The Balaban J connectivity index is 0.00000225. The third-order valence-corrected chi connectivity index (χ3v) is 5.75. The third-order valence-electron chi connectivity index (χ3n) is 4.99. The molecule has 28 heavy (non-hydrogen) atoms. The average molecular weight is 418 g/mol. The molecular weight excluding hydrogens is 394 g/mol. The Hall–Kier alpha value is -2.22. The second kappa shape index (κ2) is 8.86. The maximum Gasteiger partial charge on any atom is 0.247 e. The zero-order valence-corrected chi connectivity index (χ0v) is 17.6. The van der Waals surface area contributed by atoms with E-state index in [9.17, 15) is 4.79 Å². The van der Waals surface area contributed by atoms with Crippen molar-refractivity contribution in [1.82, 2.24) is 20.1 Å². The van der Waals surface area contributed by atoms with Crippen molar-refractivity contribution in [1.29, 1.82) is 0 Å². The summed E-state index contributed by atoms with van der Waals surface area (Å²) in [5, 5.41) is 12.7. The first-order chi connectivity index (χ1) is 13.1. The van der Waals surface area contributed by atoms with Gasteiger partial charge in [0, 0.05) is 29.8 Å². The van der Waals surface area contributed by atoms with Gasteiger partial charge in [-0.05, 0) is 49.9 Å². The molecule has 0 radical (unpaired) electrons. The predicted octanol–water partition coefficient (Wildman–Crippen LogP) is 3.74. The molecule has 2 heterocycles. The maximum absolute atomic E-state index is 12.6. The highest BCUT2D eigenvalue weighted by Gasteiger charge is 2.21. The second-order valence-electron chi connectivity index (χ2n) is 6.89. The van der Waals surface area contributed by atoms with Crippen molar-refractivity contribution in [3.8, 4) is 11.3 Å². The van der Waals surface area contributed by atoms with Gasteiger partial charge in [0.15, 0.2) is 5.13 Å². The molecule has 2 aromatic heterocycles. The molecular formula is C20H24ClN5OS. The van der Waals surface area contributed by atoms with Crippen LogP contribution in [0, 0.1) is 0 Å². The largest absolute Gasteiger partial charge is 0.305 e. The molecule has 0 aliphatic heterocycles. The van der Waals surface area contributed by atoms with Gasteiger partial charge in [-0.2, -0.15) is 5.10 Å². The van der Waals surface area contributed by atoms with Crippen molar-refractivity contribution in [2.45, 2.75) is 31.7 Å². The summed E-state index contributed by atoms with van der Waals surface area (Å²) in [6, 6.07) is 6.15. The molecule has 1 aliphatic rings. The van der Waals surface area contributed by atoms with E-state index in [0.717, 1.165) is 23.2 Å². The quantitative estimate of drug-likeness (QED) is 0.663. The minimum Gasteiger partial charge on any atom is -0.305 e. The molecule has 3 aromatic rings. The lowest BCUT2D eigenvalue weighted by molar-refractivity contribution is -0.118. The van der Waals surface area contributed by atoms with Crippen LogP contribution in [-0.2, 0) is 24.7 Å². The molecule has 1 atom stereocenters. The number of likely N-dealkylation sites (N-methyl/N-ethyl adjacent to an activating group) is 1. The molecule has 0 spiro atoms. The van der Waals surface area contributed by atoms with Crippen molar-refractivity contribution < 1.29 is 4.79 Å². The van der Waals surface area contributed by atoms with Gasteiger partial charge < -0.3 is 10.6 Å². The van der Waals surface area contributed by atoms with Crippen LogP contribution in [0.2, 0.25) is 0 Å². The number of carbonyl (C=O) groups excluding carboxylic acids is 1. The highest BCUT2D eigenvalue weighted by Crippen LogP contribution is 2.30. The van der Waals surface area contributed by atoms with Crippen LogP contribution in [0.15, 0.2) is 36.0 Å². The highest BCUT2D eigenvalue weighted by molar-refractivity contribution is 7.14. The molecule has 4 rings (SSSR count). The van der Waals surface area contributed by atoms with E-state index in [4.69, 9.17) is 0 Å². The van der Waals surface area contributed by atoms with E-state index in [-0.39, 0.29) is 18.3 Å². The Labute approximate surface area is 174 Å². The Morgan fingerprint density at radius 2 is 2.04 bits per heavy atom. The van der Waals surface area contributed by atoms with Crippen molar-refractivity contribution >= 4 is 34.8 Å². The lowest BCUT2D eigenvalue weighted by Crippen LogP contribution is -2.30. The molecule has 0 bridgehead atoms. The molecule has 1 aliphatic carbocycles. The summed E-state index contributed by atoms with van der Waals surface area (Å²) >= 11 is 1.45. The number of aryl methyl sites for hydroxylation is 3. The maximum atomic E-state index is 12.6. The van der Waals surface area contributed by atoms with E-state index in [1.807, 2.05) is 18.6 Å². The number of hydrogen-bond acceptors (Lipinski definition) is 5. The first-order valence-corrected chi connectivity index (χ1v) is 10.1. The third kappa shape index (κ3) is 4.27. The standard InChI is InChI=1S/C20H23N5OS.ClH/c1-21-18(16-10-22-25(2)11-16)19(26)24-20-23-17(12-27-20)15-8-7-13-5-3-4-6-14(13)9-15;/h7-12,18,21H,3-6H2,1-2H3,(H,23,24,26);1H. The van der Waals surface area contributed by atoms with Crippen molar-refractivity contribution in [2.24, 2.45) is 7.05 Å². The summed E-state index contributed by atoms with van der Waals surface area (Å²) in [5.41, 5.74) is 5.74. The van der Waals surface area contributed by atoms with Crippen molar-refractivity contribution in [3.63, 3.8) is 0 Å². The number of benzene rings is 1. The summed E-state index contributed by atoms with van der Waals surface area (Å²) in [5.74, 6) is -0.142. The van der Waals surface area contributed by atoms with E-state index < -0.39 is 6.04 Å². The van der Waals surface area contributed by atoms with Gasteiger partial charge in [0.05, 0.1) is 11.9 Å². The van der Waals surface area contributed by atoms with Gasteiger partial charge in [-0.15, -0.1) is 23.7 Å². The number of rotatable bonds is 5. The first kappa shape index (κ1) is 20.5. The lowest BCUT2D eigenvalue weighted by Gasteiger charge is -2.16. The minimum absolute atomic E-state index is 0. The second-order valence-corrected chi connectivity index (χ2v) is 7.74. The number of carbonyl (C=O) groups is 1. The topological polar surface area (TPSA) is 71.8 Å². The molecule has 0 saturated heterocycles. The van der Waals surface area contributed by atoms with E-state index in [2.05, 4.69) is 38.9 Å². The predicted molar refractivity (Wildman–Crippen MR) is 115 cm³/mol. The van der Waals surface area contributed by atoms with Crippen molar-refractivity contribution in [2.75, 3.05) is 12.4 Å². The number of nitrogens with one attached hydrogen (secondary N) is 2. The number of hydrogen-bond donors (Lipinski definition) is 2. The Morgan fingerprint density at radius 3 is 2.75 bits per heavy atom. The van der Waals surface area contributed by atoms with Crippen LogP contribution < -0.4 is 10.6 Å². The molecule has 6 nitrogen and oxygen atoms in total. The van der Waals surface area contributed by atoms with Crippen LogP contribution >= 0.6 is 23.7 Å². The molecule has 0 saturated carbocycles. The first-order valence-electron chi connectivity index (χ1n) is 9.18. The Morgan fingerprint density at radius 1 is 1.25 bits per heavy atom. The number of thiazole rings is 1. The molecule has 0 fully saturated rings. The summed E-state index contributed by atoms with van der Waals surface area (Å²) in [4.78, 5) is 17.3. The molecule has 8 heteroatoms. The van der Waals surface area contributed by atoms with Gasteiger partial charge in [0.2, 0.25) is 5.91 Å². The average Bonchev–Trinajstić information content (AvgIpc) is 3.31. The minimum atomic E-state index is -0.463. The molecule has 2 N–H and O–H groups in total. The van der Waals surface area contributed by atoms with Gasteiger partial charge in [-0.3, -0.25) is 9.48 Å². The van der Waals surface area contributed by atoms with Gasteiger partial charge >= 0.3 is 0 Å². The number of fused-ring (bicyclic) bond motifs is 1. The summed E-state index contributed by atoms with van der Waals surface area (Å²) < 4.78 is 1.69. The zero-order chi connectivity index (χ0) is 18.8. The van der Waals surface area contributed by atoms with E-state index in [0.29, 0.717) is 5.13 Å². The number of aromatic nitrogens is 3. The van der Waals surface area contributed by atoms with Gasteiger partial charge in [0.25, 0.3) is 0 Å². The summed E-state index contributed by atoms with van der Waals surface area (Å²) in [6.45, 7) is 0. The van der Waals surface area contributed by atoms with E-state index in [1.54, 1.807) is 17.9 Å². The van der Waals surface area contributed by atoms with Crippen LogP contribution in [0.3, 0.4) is 0 Å². The molecule has 148 valence electrons. The summed E-state index contributed by atoms with van der Waals surface area (Å²) in [7, 11) is 3.59. The van der Waals surface area contributed by atoms with E-state index in [1.165, 1.54) is 41.7 Å². The highest BCUT2D eigenvalue weighted by atomic mass is 35.5.